The summed E-state index contributed by atoms with van der Waals surface area (Å²) in [6.07, 6.45) is 2.44. The van der Waals surface area contributed by atoms with Gasteiger partial charge in [0.15, 0.2) is 6.04 Å². The summed E-state index contributed by atoms with van der Waals surface area (Å²) in [7, 11) is 2.23. The predicted octanol–water partition coefficient (Wildman–Crippen LogP) is 1.45. The minimum absolute atomic E-state index is 0. The summed E-state index contributed by atoms with van der Waals surface area (Å²) in [4.78, 5) is 17.8. The smallest absolute Gasteiger partial charge is 0.289 e. The molecule has 1 fully saturated rings. The number of amides is 1. The third kappa shape index (κ3) is 3.14. The monoisotopic (exact) mass is 418 g/mol. The lowest BCUT2D eigenvalue weighted by atomic mass is 10.1. The summed E-state index contributed by atoms with van der Waals surface area (Å²) in [5, 5.41) is 0. The Kier molecular flexibility index (Phi) is 5.28. The van der Waals surface area contributed by atoms with E-state index in [-0.39, 0.29) is 28.9 Å². The number of hydrogen-bond donors (Lipinski definition) is 0. The Bertz CT molecular complexity index is 743. The molecular weight excluding hydrogens is 396 g/mol. The molecule has 5 heteroatoms. The topological polar surface area (TPSA) is 20.3 Å². The van der Waals surface area contributed by atoms with Crippen LogP contribution in [0.4, 0.5) is 11.4 Å². The van der Waals surface area contributed by atoms with E-state index in [1.54, 1.807) is 11.8 Å². The Hall–Kier alpha value is -1.30. The fourth-order valence-electron chi connectivity index (χ4n) is 3.84. The number of hydrogen-bond acceptors (Lipinski definition) is 2. The van der Waals surface area contributed by atoms with Crippen LogP contribution in [0.3, 0.4) is 0 Å². The van der Waals surface area contributed by atoms with Crippen molar-refractivity contribution in [1.29, 1.82) is 0 Å². The highest BCUT2D eigenvalue weighted by Crippen LogP contribution is 2.48. The number of likely N-dealkylation sites (tertiary alicyclic amines) is 1. The van der Waals surface area contributed by atoms with Crippen molar-refractivity contribution in [2.24, 2.45) is 0 Å². The van der Waals surface area contributed by atoms with Gasteiger partial charge >= 0.3 is 0 Å². The lowest BCUT2D eigenvalue weighted by Crippen LogP contribution is -3.00. The molecule has 1 saturated heterocycles. The highest BCUT2D eigenvalue weighted by Gasteiger charge is 2.41. The Balaban J connectivity index is 0.00000182. The third-order valence-electron chi connectivity index (χ3n) is 5.53. The van der Waals surface area contributed by atoms with Crippen LogP contribution in [0.25, 0.3) is 0 Å². The summed E-state index contributed by atoms with van der Waals surface area (Å²) in [5.74, 6) is 0.208. The van der Waals surface area contributed by atoms with Gasteiger partial charge in [-0.15, -0.1) is 0 Å². The van der Waals surface area contributed by atoms with Crippen molar-refractivity contribution in [2.45, 2.75) is 35.6 Å². The second-order valence-electron chi connectivity index (χ2n) is 7.02. The average Bonchev–Trinajstić information content (AvgIpc) is 3.06. The highest BCUT2D eigenvalue weighted by atomic mass is 79.9. The molecular formula is C20H23BrN2OS. The minimum Gasteiger partial charge on any atom is -1.00 e. The lowest BCUT2D eigenvalue weighted by Gasteiger charge is -2.39. The van der Waals surface area contributed by atoms with Crippen LogP contribution < -0.4 is 21.9 Å². The number of likely N-dealkylation sites (N-methyl/N-ethyl adjacent to an activating group) is 1. The first-order chi connectivity index (χ1) is 11.6. The third-order valence-corrected chi connectivity index (χ3v) is 6.66. The second-order valence-corrected chi connectivity index (χ2v) is 8.10. The summed E-state index contributed by atoms with van der Waals surface area (Å²) in [6.45, 7) is 4.29. The predicted molar refractivity (Wildman–Crippen MR) is 98.8 cm³/mol. The molecule has 0 radical (unpaired) electrons. The SMILES string of the molecule is CC(C(=O)N1c2ccccc2Sc2ccccc21)[N+]1(C)CCCC1.[Br-]. The molecule has 0 spiro atoms. The molecule has 0 aliphatic carbocycles. The van der Waals surface area contributed by atoms with Gasteiger partial charge in [-0.05, 0) is 31.2 Å². The summed E-state index contributed by atoms with van der Waals surface area (Å²) < 4.78 is 0.854. The van der Waals surface area contributed by atoms with Crippen LogP contribution in [0.2, 0.25) is 0 Å². The van der Waals surface area contributed by atoms with Gasteiger partial charge in [0.2, 0.25) is 0 Å². The summed E-state index contributed by atoms with van der Waals surface area (Å²) in [6, 6.07) is 16.4. The van der Waals surface area contributed by atoms with Gasteiger partial charge in [-0.25, -0.2) is 0 Å². The standard InChI is InChI=1S/C20H23N2OS.BrH/c1-15(22(2)13-7-8-14-22)20(23)21-16-9-3-5-11-18(16)24-19-12-6-4-10-17(19)21;/h3-6,9-12,15H,7-8,13-14H2,1-2H3;1H/q+1;/p-1. The number of halogens is 1. The van der Waals surface area contributed by atoms with Crippen molar-refractivity contribution in [3.05, 3.63) is 48.5 Å². The highest BCUT2D eigenvalue weighted by molar-refractivity contribution is 7.99. The van der Waals surface area contributed by atoms with Gasteiger partial charge in [0.1, 0.15) is 0 Å². The number of quaternary nitrogens is 1. The molecule has 2 aliphatic heterocycles. The zero-order chi connectivity index (χ0) is 16.7. The molecule has 1 atom stereocenters. The molecule has 2 aliphatic rings. The average molecular weight is 419 g/mol. The maximum atomic E-state index is 13.5. The molecule has 2 aromatic carbocycles. The Morgan fingerprint density at radius 3 is 2.00 bits per heavy atom. The first-order valence-corrected chi connectivity index (χ1v) is 9.46. The van der Waals surface area contributed by atoms with Crippen LogP contribution in [0.15, 0.2) is 58.3 Å². The number of benzene rings is 2. The van der Waals surface area contributed by atoms with E-state index in [0.717, 1.165) is 38.7 Å². The number of anilines is 2. The molecule has 1 unspecified atom stereocenters. The number of nitrogens with zero attached hydrogens (tertiary/aromatic N) is 2. The summed E-state index contributed by atoms with van der Waals surface area (Å²) >= 11 is 1.75. The van der Waals surface area contributed by atoms with Crippen LogP contribution in [0.5, 0.6) is 0 Å². The Morgan fingerprint density at radius 2 is 1.48 bits per heavy atom. The van der Waals surface area contributed by atoms with Crippen molar-refractivity contribution >= 4 is 29.0 Å². The van der Waals surface area contributed by atoms with Crippen LogP contribution in [0, 0.1) is 0 Å². The molecule has 1 amide bonds. The van der Waals surface area contributed by atoms with E-state index < -0.39 is 0 Å². The molecule has 3 nitrogen and oxygen atoms in total. The molecule has 0 saturated carbocycles. The zero-order valence-corrected chi connectivity index (χ0v) is 17.0. The molecule has 0 bridgehead atoms. The van der Waals surface area contributed by atoms with E-state index in [0.29, 0.717) is 0 Å². The van der Waals surface area contributed by atoms with Crippen molar-refractivity contribution in [3.63, 3.8) is 0 Å². The van der Waals surface area contributed by atoms with E-state index in [1.165, 1.54) is 12.8 Å². The lowest BCUT2D eigenvalue weighted by molar-refractivity contribution is -0.911. The van der Waals surface area contributed by atoms with Crippen molar-refractivity contribution in [1.82, 2.24) is 0 Å². The quantitative estimate of drug-likeness (QED) is 0.687. The first-order valence-electron chi connectivity index (χ1n) is 8.64. The normalized spacial score (nSPS) is 18.7. The van der Waals surface area contributed by atoms with E-state index in [1.807, 2.05) is 29.2 Å². The van der Waals surface area contributed by atoms with E-state index in [9.17, 15) is 4.79 Å². The van der Waals surface area contributed by atoms with Crippen molar-refractivity contribution in [2.75, 3.05) is 25.0 Å². The largest absolute Gasteiger partial charge is 1.00 e. The van der Waals surface area contributed by atoms with Crippen LogP contribution >= 0.6 is 11.8 Å². The van der Waals surface area contributed by atoms with Gasteiger partial charge in [-0.2, -0.15) is 0 Å². The van der Waals surface area contributed by atoms with Gasteiger partial charge in [0, 0.05) is 22.6 Å². The number of rotatable bonds is 2. The Morgan fingerprint density at radius 1 is 1.00 bits per heavy atom. The van der Waals surface area contributed by atoms with Crippen LogP contribution in [0.1, 0.15) is 19.8 Å². The zero-order valence-electron chi connectivity index (χ0n) is 14.6. The molecule has 4 rings (SSSR count). The van der Waals surface area contributed by atoms with Gasteiger partial charge in [0.25, 0.3) is 5.91 Å². The molecule has 0 N–H and O–H groups in total. The van der Waals surface area contributed by atoms with Crippen LogP contribution in [-0.2, 0) is 4.79 Å². The number of carbonyl (C=O) groups excluding carboxylic acids is 1. The maximum Gasteiger partial charge on any atom is 0.289 e. The van der Waals surface area contributed by atoms with E-state index in [2.05, 4.69) is 38.2 Å². The van der Waals surface area contributed by atoms with E-state index >= 15 is 0 Å². The van der Waals surface area contributed by atoms with Crippen molar-refractivity contribution < 1.29 is 26.3 Å². The van der Waals surface area contributed by atoms with E-state index in [4.69, 9.17) is 0 Å². The molecule has 2 aromatic rings. The first kappa shape index (κ1) is 18.5. The fourth-order valence-corrected chi connectivity index (χ4v) is 4.90. The number of carbonyl (C=O) groups is 1. The fraction of sp³-hybridized carbons (Fsp3) is 0.350. The molecule has 25 heavy (non-hydrogen) atoms. The van der Waals surface area contributed by atoms with Gasteiger partial charge in [-0.3, -0.25) is 9.69 Å². The van der Waals surface area contributed by atoms with Gasteiger partial charge in [-0.1, -0.05) is 36.0 Å². The van der Waals surface area contributed by atoms with Crippen LogP contribution in [-0.4, -0.2) is 36.6 Å². The van der Waals surface area contributed by atoms with Crippen molar-refractivity contribution in [3.8, 4) is 0 Å². The maximum absolute atomic E-state index is 13.5. The number of para-hydroxylation sites is 2. The molecule has 2 heterocycles. The van der Waals surface area contributed by atoms with Gasteiger partial charge in [0.05, 0.1) is 31.5 Å². The molecule has 132 valence electrons. The second kappa shape index (κ2) is 7.14. The molecule has 0 aromatic heterocycles. The minimum atomic E-state index is -0.0308. The van der Waals surface area contributed by atoms with Gasteiger partial charge < -0.3 is 21.5 Å². The number of fused-ring (bicyclic) bond motifs is 2. The summed E-state index contributed by atoms with van der Waals surface area (Å²) in [5.41, 5.74) is 2.03. The Labute approximate surface area is 164 Å².